The van der Waals surface area contributed by atoms with Gasteiger partial charge in [-0.05, 0) is 28.3 Å². The normalized spacial score (nSPS) is 15.6. The molecule has 1 aromatic heterocycles. The molecule has 2 rings (SSSR count). The first kappa shape index (κ1) is 11.6. The van der Waals surface area contributed by atoms with Gasteiger partial charge in [-0.1, -0.05) is 19.3 Å². The molecule has 0 aromatic carbocycles. The van der Waals surface area contributed by atoms with Crippen LogP contribution >= 0.6 is 15.9 Å². The van der Waals surface area contributed by atoms with Crippen LogP contribution in [0.1, 0.15) is 25.7 Å². The van der Waals surface area contributed by atoms with Crippen molar-refractivity contribution in [1.82, 2.24) is 9.97 Å². The average molecular weight is 285 g/mol. The molecule has 0 radical (unpaired) electrons. The summed E-state index contributed by atoms with van der Waals surface area (Å²) in [6.45, 7) is 0.990. The number of rotatable bonds is 5. The van der Waals surface area contributed by atoms with Gasteiger partial charge in [0, 0.05) is 19.8 Å². The lowest BCUT2D eigenvalue weighted by Gasteiger charge is -2.25. The van der Waals surface area contributed by atoms with Crippen LogP contribution in [0.25, 0.3) is 0 Å². The Hall–Kier alpha value is -0.840. The molecule has 1 aliphatic rings. The molecule has 0 bridgehead atoms. The van der Waals surface area contributed by atoms with Crippen LogP contribution in [0.15, 0.2) is 10.7 Å². The molecule has 0 saturated heterocycles. The van der Waals surface area contributed by atoms with Crippen molar-refractivity contribution in [1.29, 1.82) is 0 Å². The Balaban J connectivity index is 1.86. The minimum absolute atomic E-state index is 0.648. The molecule has 0 atom stereocenters. The van der Waals surface area contributed by atoms with Gasteiger partial charge in [-0.15, -0.1) is 0 Å². The van der Waals surface area contributed by atoms with Crippen LogP contribution in [-0.4, -0.2) is 23.6 Å². The van der Waals surface area contributed by atoms with Crippen molar-refractivity contribution >= 4 is 27.7 Å². The molecule has 1 aromatic rings. The quantitative estimate of drug-likeness (QED) is 0.873. The summed E-state index contributed by atoms with van der Waals surface area (Å²) in [7, 11) is 1.82. The van der Waals surface area contributed by atoms with Crippen molar-refractivity contribution < 1.29 is 0 Å². The van der Waals surface area contributed by atoms with Gasteiger partial charge in [0.25, 0.3) is 0 Å². The highest BCUT2D eigenvalue weighted by Crippen LogP contribution is 2.29. The Morgan fingerprint density at radius 1 is 1.50 bits per heavy atom. The summed E-state index contributed by atoms with van der Waals surface area (Å²) in [4.78, 5) is 8.47. The largest absolute Gasteiger partial charge is 0.369 e. The smallest absolute Gasteiger partial charge is 0.224 e. The summed E-state index contributed by atoms with van der Waals surface area (Å²) < 4.78 is 0.917. The maximum absolute atomic E-state index is 4.35. The average Bonchev–Trinajstić information content (AvgIpc) is 2.24. The Morgan fingerprint density at radius 3 is 2.94 bits per heavy atom. The Morgan fingerprint density at radius 2 is 2.31 bits per heavy atom. The van der Waals surface area contributed by atoms with Gasteiger partial charge in [-0.2, -0.15) is 4.98 Å². The first-order chi connectivity index (χ1) is 7.79. The lowest BCUT2D eigenvalue weighted by atomic mass is 9.83. The molecule has 0 spiro atoms. The van der Waals surface area contributed by atoms with Crippen molar-refractivity contribution in [2.45, 2.75) is 25.7 Å². The van der Waals surface area contributed by atoms with Crippen LogP contribution in [0.3, 0.4) is 0 Å². The predicted molar refractivity (Wildman–Crippen MR) is 69.7 cm³/mol. The van der Waals surface area contributed by atoms with Crippen molar-refractivity contribution in [2.24, 2.45) is 5.92 Å². The Kier molecular flexibility index (Phi) is 3.98. The molecule has 0 unspecified atom stereocenters. The van der Waals surface area contributed by atoms with E-state index in [1.165, 1.54) is 25.7 Å². The third-order valence-electron chi connectivity index (χ3n) is 3.04. The van der Waals surface area contributed by atoms with Crippen LogP contribution in [0.4, 0.5) is 11.8 Å². The molecule has 4 nitrogen and oxygen atoms in total. The summed E-state index contributed by atoms with van der Waals surface area (Å²) >= 11 is 3.44. The van der Waals surface area contributed by atoms with Crippen molar-refractivity contribution in [3.05, 3.63) is 10.7 Å². The van der Waals surface area contributed by atoms with Crippen LogP contribution in [0.2, 0.25) is 0 Å². The zero-order valence-electron chi connectivity index (χ0n) is 9.46. The highest BCUT2D eigenvalue weighted by Gasteiger charge is 2.16. The maximum atomic E-state index is 4.35. The van der Waals surface area contributed by atoms with E-state index >= 15 is 0 Å². The Bertz CT molecular complexity index is 352. The number of halogens is 1. The highest BCUT2D eigenvalue weighted by molar-refractivity contribution is 9.10. The number of anilines is 2. The van der Waals surface area contributed by atoms with E-state index < -0.39 is 0 Å². The van der Waals surface area contributed by atoms with E-state index in [9.17, 15) is 0 Å². The maximum Gasteiger partial charge on any atom is 0.224 e. The van der Waals surface area contributed by atoms with Gasteiger partial charge in [-0.25, -0.2) is 4.98 Å². The molecule has 88 valence electrons. The van der Waals surface area contributed by atoms with E-state index in [1.807, 2.05) is 7.05 Å². The zero-order chi connectivity index (χ0) is 11.4. The molecule has 0 aliphatic heterocycles. The van der Waals surface area contributed by atoms with E-state index in [0.29, 0.717) is 5.95 Å². The second kappa shape index (κ2) is 5.48. The van der Waals surface area contributed by atoms with E-state index in [0.717, 1.165) is 22.8 Å². The van der Waals surface area contributed by atoms with E-state index in [1.54, 1.807) is 6.20 Å². The molecule has 16 heavy (non-hydrogen) atoms. The molecule has 0 amide bonds. The number of hydrogen-bond acceptors (Lipinski definition) is 4. The summed E-state index contributed by atoms with van der Waals surface area (Å²) in [6.07, 6.45) is 7.21. The lowest BCUT2D eigenvalue weighted by Crippen LogP contribution is -2.16. The van der Waals surface area contributed by atoms with Gasteiger partial charge in [0.05, 0.1) is 4.47 Å². The number of nitrogens with zero attached hydrogens (tertiary/aromatic N) is 2. The standard InChI is InChI=1S/C11H17BrN4/c1-13-11-15-7-9(12)10(16-11)14-6-5-8-3-2-4-8/h7-8H,2-6H2,1H3,(H2,13,14,15,16). The van der Waals surface area contributed by atoms with E-state index in [2.05, 4.69) is 36.5 Å². The first-order valence-corrected chi connectivity index (χ1v) is 6.53. The van der Waals surface area contributed by atoms with Crippen LogP contribution < -0.4 is 10.6 Å². The Labute approximate surface area is 104 Å². The topological polar surface area (TPSA) is 49.8 Å². The fourth-order valence-corrected chi connectivity index (χ4v) is 2.12. The molecule has 5 heteroatoms. The van der Waals surface area contributed by atoms with Gasteiger partial charge < -0.3 is 10.6 Å². The SMILES string of the molecule is CNc1ncc(Br)c(NCCC2CCC2)n1. The summed E-state index contributed by atoms with van der Waals surface area (Å²) in [5.74, 6) is 2.45. The monoisotopic (exact) mass is 284 g/mol. The van der Waals surface area contributed by atoms with E-state index in [-0.39, 0.29) is 0 Å². The van der Waals surface area contributed by atoms with Gasteiger partial charge in [0.2, 0.25) is 5.95 Å². The molecule has 1 saturated carbocycles. The fourth-order valence-electron chi connectivity index (χ4n) is 1.79. The van der Waals surface area contributed by atoms with E-state index in [4.69, 9.17) is 0 Å². The van der Waals surface area contributed by atoms with Crippen molar-refractivity contribution in [2.75, 3.05) is 24.2 Å². The highest BCUT2D eigenvalue weighted by atomic mass is 79.9. The molecule has 2 N–H and O–H groups in total. The van der Waals surface area contributed by atoms with Gasteiger partial charge in [-0.3, -0.25) is 0 Å². The van der Waals surface area contributed by atoms with Crippen molar-refractivity contribution in [3.8, 4) is 0 Å². The van der Waals surface area contributed by atoms with Crippen molar-refractivity contribution in [3.63, 3.8) is 0 Å². The molecular formula is C11H17BrN4. The molecule has 1 fully saturated rings. The lowest BCUT2D eigenvalue weighted by molar-refractivity contribution is 0.303. The number of aromatic nitrogens is 2. The van der Waals surface area contributed by atoms with Crippen LogP contribution in [0, 0.1) is 5.92 Å². The zero-order valence-corrected chi connectivity index (χ0v) is 11.0. The first-order valence-electron chi connectivity index (χ1n) is 5.73. The minimum atomic E-state index is 0.648. The third kappa shape index (κ3) is 2.84. The van der Waals surface area contributed by atoms with Gasteiger partial charge in [0.15, 0.2) is 0 Å². The fraction of sp³-hybridized carbons (Fsp3) is 0.636. The summed E-state index contributed by atoms with van der Waals surface area (Å²) in [5.41, 5.74) is 0. The van der Waals surface area contributed by atoms with Gasteiger partial charge in [0.1, 0.15) is 5.82 Å². The third-order valence-corrected chi connectivity index (χ3v) is 3.62. The summed E-state index contributed by atoms with van der Waals surface area (Å²) in [5, 5.41) is 6.28. The second-order valence-electron chi connectivity index (χ2n) is 4.15. The molecule has 1 heterocycles. The van der Waals surface area contributed by atoms with Crippen LogP contribution in [-0.2, 0) is 0 Å². The molecule has 1 aliphatic carbocycles. The minimum Gasteiger partial charge on any atom is -0.369 e. The predicted octanol–water partition coefficient (Wildman–Crippen LogP) is 2.88. The summed E-state index contributed by atoms with van der Waals surface area (Å²) in [6, 6.07) is 0. The van der Waals surface area contributed by atoms with Crippen LogP contribution in [0.5, 0.6) is 0 Å². The second-order valence-corrected chi connectivity index (χ2v) is 5.01. The molecular weight excluding hydrogens is 268 g/mol. The number of hydrogen-bond donors (Lipinski definition) is 2. The number of nitrogens with one attached hydrogen (secondary N) is 2. The van der Waals surface area contributed by atoms with Gasteiger partial charge >= 0.3 is 0 Å².